The number of nitrogens with zero attached hydrogens (tertiary/aromatic N) is 4. The Labute approximate surface area is 201 Å². The minimum absolute atomic E-state index is 0.132. The predicted molar refractivity (Wildman–Crippen MR) is 124 cm³/mol. The number of aromatic nitrogens is 3. The summed E-state index contributed by atoms with van der Waals surface area (Å²) in [6, 6.07) is 1.55. The molecule has 3 fully saturated rings. The number of piperidine rings is 1. The molecule has 0 N–H and O–H groups in total. The predicted octanol–water partition coefficient (Wildman–Crippen LogP) is 6.04. The summed E-state index contributed by atoms with van der Waals surface area (Å²) < 4.78 is 65.4. The minimum atomic E-state index is -4.56. The fourth-order valence-electron chi connectivity index (χ4n) is 6.43. The van der Waals surface area contributed by atoms with Gasteiger partial charge in [-0.1, -0.05) is 13.0 Å². The second-order valence-corrected chi connectivity index (χ2v) is 11.3. The summed E-state index contributed by atoms with van der Waals surface area (Å²) >= 11 is 0. The van der Waals surface area contributed by atoms with Gasteiger partial charge in [-0.25, -0.2) is 4.39 Å². The number of alkyl halides is 3. The Morgan fingerprint density at radius 3 is 2.46 bits per heavy atom. The fraction of sp³-hybridized carbons (Fsp3) is 0.615. The van der Waals surface area contributed by atoms with Crippen LogP contribution in [0.5, 0.6) is 0 Å². The lowest BCUT2D eigenvalue weighted by atomic mass is 9.63. The quantitative estimate of drug-likeness (QED) is 0.492. The maximum atomic E-state index is 14.3. The summed E-state index contributed by atoms with van der Waals surface area (Å²) in [5, 5.41) is 8.07. The molecule has 35 heavy (non-hydrogen) atoms. The van der Waals surface area contributed by atoms with E-state index in [1.54, 1.807) is 17.2 Å². The number of pyridine rings is 1. The molecule has 2 aromatic heterocycles. The third-order valence-corrected chi connectivity index (χ3v) is 8.81. The van der Waals surface area contributed by atoms with Crippen molar-refractivity contribution in [3.8, 4) is 0 Å². The third kappa shape index (κ3) is 3.44. The van der Waals surface area contributed by atoms with E-state index in [0.717, 1.165) is 18.4 Å². The van der Waals surface area contributed by atoms with Gasteiger partial charge in [-0.05, 0) is 63.2 Å². The zero-order valence-electron chi connectivity index (χ0n) is 20.3. The lowest BCUT2D eigenvalue weighted by molar-refractivity contribution is -0.136. The van der Waals surface area contributed by atoms with E-state index < -0.39 is 28.4 Å². The monoisotopic (exact) mass is 490 g/mol. The zero-order chi connectivity index (χ0) is 24.8. The molecular formula is C26H30F4N4O. The number of allylic oxidation sites excluding steroid dienone is 3. The highest BCUT2D eigenvalue weighted by atomic mass is 19.4. The van der Waals surface area contributed by atoms with E-state index in [4.69, 9.17) is 4.74 Å². The van der Waals surface area contributed by atoms with E-state index in [2.05, 4.69) is 10.2 Å². The first kappa shape index (κ1) is 23.0. The molecule has 1 atom stereocenters. The van der Waals surface area contributed by atoms with Gasteiger partial charge < -0.3 is 9.64 Å². The first-order valence-corrected chi connectivity index (χ1v) is 12.4. The van der Waals surface area contributed by atoms with Crippen LogP contribution in [0.4, 0.5) is 23.2 Å². The van der Waals surface area contributed by atoms with Crippen molar-refractivity contribution in [1.82, 2.24) is 14.6 Å². The van der Waals surface area contributed by atoms with E-state index in [0.29, 0.717) is 44.1 Å². The molecule has 4 heterocycles. The highest BCUT2D eigenvalue weighted by Crippen LogP contribution is 2.62. The topological polar surface area (TPSA) is 42.7 Å². The number of fused-ring (bicyclic) bond motifs is 3. The molecule has 5 nitrogen and oxygen atoms in total. The van der Waals surface area contributed by atoms with E-state index >= 15 is 0 Å². The number of rotatable bonds is 3. The molecule has 1 saturated carbocycles. The summed E-state index contributed by atoms with van der Waals surface area (Å²) in [6.45, 7) is 6.81. The Kier molecular flexibility index (Phi) is 4.80. The van der Waals surface area contributed by atoms with Crippen LogP contribution in [0.25, 0.3) is 5.65 Å². The largest absolute Gasteiger partial charge is 0.422 e. The highest BCUT2D eigenvalue weighted by molar-refractivity contribution is 5.67. The van der Waals surface area contributed by atoms with Crippen molar-refractivity contribution in [1.29, 1.82) is 0 Å². The molecule has 2 aromatic rings. The highest BCUT2D eigenvalue weighted by Gasteiger charge is 2.62. The van der Waals surface area contributed by atoms with Gasteiger partial charge in [0.05, 0.1) is 16.9 Å². The van der Waals surface area contributed by atoms with E-state index in [1.165, 1.54) is 10.5 Å². The van der Waals surface area contributed by atoms with Gasteiger partial charge in [0.1, 0.15) is 17.2 Å². The standard InChI is InChI=1S/C26H30F4N4O/c1-23(2)24(3)15-17(27)6-7-19(24)25(35-23)9-12-33(13-10-25)18-8-11-34-20(14-16-4-5-16)31-32-22(34)21(18)26(28,29)30/h6-8,11,16H,4-5,9-10,12-15H2,1-3H3. The van der Waals surface area contributed by atoms with Crippen LogP contribution in [0.2, 0.25) is 0 Å². The van der Waals surface area contributed by atoms with Gasteiger partial charge in [-0.2, -0.15) is 13.2 Å². The second kappa shape index (κ2) is 7.31. The number of anilines is 1. The smallest absolute Gasteiger partial charge is 0.371 e. The van der Waals surface area contributed by atoms with E-state index in [9.17, 15) is 17.6 Å². The lowest BCUT2D eigenvalue weighted by Gasteiger charge is -2.42. The van der Waals surface area contributed by atoms with Crippen LogP contribution in [0.3, 0.4) is 0 Å². The third-order valence-electron chi connectivity index (χ3n) is 8.81. The van der Waals surface area contributed by atoms with Crippen molar-refractivity contribution in [2.75, 3.05) is 18.0 Å². The van der Waals surface area contributed by atoms with Crippen LogP contribution in [-0.4, -0.2) is 38.9 Å². The maximum absolute atomic E-state index is 14.3. The molecule has 2 aliphatic carbocycles. The average molecular weight is 491 g/mol. The Balaban J connectivity index is 1.33. The Hall–Kier alpha value is -2.42. The minimum Gasteiger partial charge on any atom is -0.371 e. The normalized spacial score (nSPS) is 27.8. The Morgan fingerprint density at radius 1 is 1.09 bits per heavy atom. The summed E-state index contributed by atoms with van der Waals surface area (Å²) in [5.41, 5.74) is -1.33. The summed E-state index contributed by atoms with van der Waals surface area (Å²) in [6.07, 6.45) is 4.65. The molecule has 6 rings (SSSR count). The van der Waals surface area contributed by atoms with Crippen molar-refractivity contribution < 1.29 is 22.3 Å². The van der Waals surface area contributed by atoms with Crippen LogP contribution in [0.15, 0.2) is 35.8 Å². The lowest BCUT2D eigenvalue weighted by Crippen LogP contribution is -2.46. The van der Waals surface area contributed by atoms with E-state index in [1.807, 2.05) is 26.8 Å². The Bertz CT molecular complexity index is 1250. The molecule has 0 radical (unpaired) electrons. The van der Waals surface area contributed by atoms with Gasteiger partial charge in [0.25, 0.3) is 0 Å². The van der Waals surface area contributed by atoms with Crippen molar-refractivity contribution in [3.63, 3.8) is 0 Å². The molecule has 1 unspecified atom stereocenters. The van der Waals surface area contributed by atoms with Crippen molar-refractivity contribution >= 4 is 11.3 Å². The number of halogens is 4. The first-order valence-electron chi connectivity index (χ1n) is 12.4. The van der Waals surface area contributed by atoms with Crippen LogP contribution in [-0.2, 0) is 17.3 Å². The molecule has 0 bridgehead atoms. The van der Waals surface area contributed by atoms with Gasteiger partial charge in [0.2, 0.25) is 0 Å². The molecule has 2 saturated heterocycles. The molecule has 9 heteroatoms. The van der Waals surface area contributed by atoms with Crippen LogP contribution in [0, 0.1) is 11.3 Å². The number of hydrogen-bond acceptors (Lipinski definition) is 4. The van der Waals surface area contributed by atoms with Crippen LogP contribution in [0.1, 0.15) is 64.3 Å². The molecular weight excluding hydrogens is 460 g/mol. The molecule has 188 valence electrons. The average Bonchev–Trinajstić information content (AvgIpc) is 3.47. The van der Waals surface area contributed by atoms with Gasteiger partial charge in [-0.3, -0.25) is 4.40 Å². The molecule has 1 spiro atoms. The SMILES string of the molecule is CC1(C)OC2(CCN(c3ccn4c(CC5CC5)nnc4c3C(F)(F)F)CC2)C2=CC=C(F)CC21C. The summed E-state index contributed by atoms with van der Waals surface area (Å²) in [4.78, 5) is 1.79. The number of hydrogen-bond donors (Lipinski definition) is 0. The summed E-state index contributed by atoms with van der Waals surface area (Å²) in [7, 11) is 0. The zero-order valence-corrected chi connectivity index (χ0v) is 20.3. The molecule has 0 aromatic carbocycles. The molecule has 0 amide bonds. The van der Waals surface area contributed by atoms with Crippen molar-refractivity contribution in [3.05, 3.63) is 47.2 Å². The van der Waals surface area contributed by atoms with Crippen molar-refractivity contribution in [2.24, 2.45) is 11.3 Å². The van der Waals surface area contributed by atoms with Crippen LogP contribution < -0.4 is 4.90 Å². The van der Waals surface area contributed by atoms with Crippen LogP contribution >= 0.6 is 0 Å². The van der Waals surface area contributed by atoms with E-state index in [-0.39, 0.29) is 23.6 Å². The second-order valence-electron chi connectivity index (χ2n) is 11.3. The fourth-order valence-corrected chi connectivity index (χ4v) is 6.43. The summed E-state index contributed by atoms with van der Waals surface area (Å²) in [5.74, 6) is 0.913. The van der Waals surface area contributed by atoms with Gasteiger partial charge in [-0.15, -0.1) is 10.2 Å². The first-order chi connectivity index (χ1) is 16.4. The maximum Gasteiger partial charge on any atom is 0.422 e. The van der Waals surface area contributed by atoms with Crippen molar-refractivity contribution in [2.45, 2.75) is 76.7 Å². The Morgan fingerprint density at radius 2 is 1.80 bits per heavy atom. The molecule has 2 aliphatic heterocycles. The van der Waals surface area contributed by atoms with Gasteiger partial charge >= 0.3 is 6.18 Å². The van der Waals surface area contributed by atoms with Gasteiger partial charge in [0.15, 0.2) is 5.65 Å². The number of ether oxygens (including phenoxy) is 1. The molecule has 4 aliphatic rings. The van der Waals surface area contributed by atoms with Gasteiger partial charge in [0, 0.05) is 37.5 Å².